The maximum Gasteiger partial charge on any atom is 0.407 e. The summed E-state index contributed by atoms with van der Waals surface area (Å²) in [4.78, 5) is 13.1. The van der Waals surface area contributed by atoms with Gasteiger partial charge in [-0.2, -0.15) is 5.26 Å². The molecule has 2 aromatic carbocycles. The van der Waals surface area contributed by atoms with Gasteiger partial charge in [-0.3, -0.25) is 0 Å². The topological polar surface area (TPSA) is 64.3 Å². The highest BCUT2D eigenvalue weighted by molar-refractivity contribution is 5.65. The highest BCUT2D eigenvalue weighted by Gasteiger charge is 2.33. The number of carboxylic acid groups (broad SMARTS) is 1. The van der Waals surface area contributed by atoms with Crippen LogP contribution in [-0.2, 0) is 12.8 Å². The van der Waals surface area contributed by atoms with Crippen molar-refractivity contribution >= 4 is 6.09 Å². The van der Waals surface area contributed by atoms with E-state index in [1.165, 1.54) is 22.3 Å². The molecule has 1 unspecified atom stereocenters. The van der Waals surface area contributed by atoms with E-state index in [9.17, 15) is 9.90 Å². The summed E-state index contributed by atoms with van der Waals surface area (Å²) < 4.78 is 0. The zero-order valence-corrected chi connectivity index (χ0v) is 16.2. The molecule has 1 aliphatic heterocycles. The van der Waals surface area contributed by atoms with Crippen LogP contribution in [0.3, 0.4) is 0 Å². The quantitative estimate of drug-likeness (QED) is 0.833. The van der Waals surface area contributed by atoms with Crippen LogP contribution in [0.2, 0.25) is 0 Å². The summed E-state index contributed by atoms with van der Waals surface area (Å²) in [5.41, 5.74) is 5.57. The Morgan fingerprint density at radius 2 is 1.85 bits per heavy atom. The van der Waals surface area contributed by atoms with E-state index >= 15 is 0 Å². The fraction of sp³-hybridized carbons (Fsp3) is 0.391. The van der Waals surface area contributed by atoms with Gasteiger partial charge in [-0.05, 0) is 52.6 Å². The van der Waals surface area contributed by atoms with Gasteiger partial charge in [0, 0.05) is 19.0 Å². The van der Waals surface area contributed by atoms with Crippen molar-refractivity contribution in [3.63, 3.8) is 0 Å². The average Bonchev–Trinajstić information content (AvgIpc) is 2.82. The number of nitrogens with zero attached hydrogens (tertiary/aromatic N) is 2. The molecule has 0 spiro atoms. The molecule has 4 heteroatoms. The van der Waals surface area contributed by atoms with Crippen molar-refractivity contribution in [1.82, 2.24) is 4.90 Å². The molecule has 27 heavy (non-hydrogen) atoms. The molecule has 0 fully saturated rings. The molecular formula is C23H26N2O2. The standard InChI is InChI=1S/C23H26N2O2/c1-23(2,3)21-15-25(22(26)27)11-10-19-13-18(8-9-20(19)21)12-16-4-6-17(14-24)7-5-16/h4-9,13,21H,10-12,15H2,1-3H3,(H,26,27). The minimum absolute atomic E-state index is 0.0125. The van der Waals surface area contributed by atoms with E-state index in [4.69, 9.17) is 5.26 Å². The van der Waals surface area contributed by atoms with Crippen LogP contribution in [0.25, 0.3) is 0 Å². The normalized spacial score (nSPS) is 17.0. The van der Waals surface area contributed by atoms with Crippen molar-refractivity contribution in [3.8, 4) is 6.07 Å². The lowest BCUT2D eigenvalue weighted by atomic mass is 9.74. The highest BCUT2D eigenvalue weighted by Crippen LogP contribution is 2.39. The van der Waals surface area contributed by atoms with Crippen LogP contribution in [0.1, 0.15) is 54.5 Å². The van der Waals surface area contributed by atoms with Crippen LogP contribution in [-0.4, -0.2) is 29.2 Å². The Labute approximate surface area is 161 Å². The van der Waals surface area contributed by atoms with E-state index in [-0.39, 0.29) is 11.3 Å². The van der Waals surface area contributed by atoms with E-state index in [1.54, 1.807) is 4.90 Å². The molecule has 0 saturated heterocycles. The second kappa shape index (κ2) is 7.44. The minimum Gasteiger partial charge on any atom is -0.465 e. The number of benzene rings is 2. The molecule has 3 rings (SSSR count). The van der Waals surface area contributed by atoms with E-state index in [2.05, 4.69) is 45.0 Å². The van der Waals surface area contributed by atoms with Crippen molar-refractivity contribution < 1.29 is 9.90 Å². The molecule has 1 atom stereocenters. The fourth-order valence-electron chi connectivity index (χ4n) is 3.84. The predicted molar refractivity (Wildman–Crippen MR) is 106 cm³/mol. The van der Waals surface area contributed by atoms with Gasteiger partial charge in [-0.15, -0.1) is 0 Å². The van der Waals surface area contributed by atoms with Gasteiger partial charge in [0.2, 0.25) is 0 Å². The maximum atomic E-state index is 11.6. The third-order valence-electron chi connectivity index (χ3n) is 5.44. The summed E-state index contributed by atoms with van der Waals surface area (Å²) in [7, 11) is 0. The summed E-state index contributed by atoms with van der Waals surface area (Å²) in [5, 5.41) is 18.5. The Hall–Kier alpha value is -2.80. The summed E-state index contributed by atoms with van der Waals surface area (Å²) in [6.45, 7) is 7.61. The first kappa shape index (κ1) is 19.0. The Morgan fingerprint density at radius 1 is 1.19 bits per heavy atom. The molecule has 1 aliphatic rings. The molecule has 140 valence electrons. The van der Waals surface area contributed by atoms with Gasteiger partial charge >= 0.3 is 6.09 Å². The molecule has 4 nitrogen and oxygen atoms in total. The monoisotopic (exact) mass is 362 g/mol. The maximum absolute atomic E-state index is 11.6. The van der Waals surface area contributed by atoms with Crippen LogP contribution in [0.5, 0.6) is 0 Å². The van der Waals surface area contributed by atoms with E-state index in [1.807, 2.05) is 24.3 Å². The number of fused-ring (bicyclic) bond motifs is 1. The molecule has 1 heterocycles. The molecule has 2 aromatic rings. The highest BCUT2D eigenvalue weighted by atomic mass is 16.4. The average molecular weight is 362 g/mol. The zero-order chi connectivity index (χ0) is 19.6. The summed E-state index contributed by atoms with van der Waals surface area (Å²) in [6, 6.07) is 16.4. The summed E-state index contributed by atoms with van der Waals surface area (Å²) in [5.74, 6) is 0.176. The molecule has 1 amide bonds. The Morgan fingerprint density at radius 3 is 2.44 bits per heavy atom. The number of hydrogen-bond donors (Lipinski definition) is 1. The van der Waals surface area contributed by atoms with Crippen LogP contribution in [0, 0.1) is 16.7 Å². The lowest BCUT2D eigenvalue weighted by Gasteiger charge is -2.33. The van der Waals surface area contributed by atoms with Crippen molar-refractivity contribution in [3.05, 3.63) is 70.3 Å². The van der Waals surface area contributed by atoms with E-state index in [0.29, 0.717) is 18.7 Å². The second-order valence-corrected chi connectivity index (χ2v) is 8.42. The first-order chi connectivity index (χ1) is 12.8. The number of hydrogen-bond acceptors (Lipinski definition) is 2. The van der Waals surface area contributed by atoms with Crippen LogP contribution in [0.15, 0.2) is 42.5 Å². The first-order valence-electron chi connectivity index (χ1n) is 9.36. The zero-order valence-electron chi connectivity index (χ0n) is 16.2. The number of amides is 1. The Kier molecular flexibility index (Phi) is 5.23. The van der Waals surface area contributed by atoms with Gasteiger partial charge < -0.3 is 10.0 Å². The predicted octanol–water partition coefficient (Wildman–Crippen LogP) is 4.81. The fourth-order valence-corrected chi connectivity index (χ4v) is 3.84. The Bertz CT molecular complexity index is 873. The van der Waals surface area contributed by atoms with E-state index in [0.717, 1.165) is 12.8 Å². The molecule has 0 aromatic heterocycles. The number of nitriles is 1. The van der Waals surface area contributed by atoms with Crippen molar-refractivity contribution in [2.75, 3.05) is 13.1 Å². The SMILES string of the molecule is CC(C)(C)C1CN(C(=O)O)CCc2cc(Cc3ccc(C#N)cc3)ccc21. The molecule has 0 saturated carbocycles. The lowest BCUT2D eigenvalue weighted by molar-refractivity contribution is 0.135. The van der Waals surface area contributed by atoms with Crippen molar-refractivity contribution in [1.29, 1.82) is 5.26 Å². The largest absolute Gasteiger partial charge is 0.465 e. The van der Waals surface area contributed by atoms with Crippen LogP contribution < -0.4 is 0 Å². The van der Waals surface area contributed by atoms with Crippen molar-refractivity contribution in [2.45, 2.75) is 39.5 Å². The third-order valence-corrected chi connectivity index (χ3v) is 5.44. The van der Waals surface area contributed by atoms with Gasteiger partial charge in [0.25, 0.3) is 0 Å². The number of rotatable bonds is 2. The summed E-state index contributed by atoms with van der Waals surface area (Å²) in [6.07, 6.45) is 0.715. The smallest absolute Gasteiger partial charge is 0.407 e. The Balaban J connectivity index is 1.91. The van der Waals surface area contributed by atoms with Gasteiger partial charge in [0.1, 0.15) is 0 Å². The second-order valence-electron chi connectivity index (χ2n) is 8.42. The van der Waals surface area contributed by atoms with E-state index < -0.39 is 6.09 Å². The van der Waals surface area contributed by atoms with Gasteiger partial charge in [0.05, 0.1) is 11.6 Å². The van der Waals surface area contributed by atoms with Crippen LogP contribution in [0.4, 0.5) is 4.79 Å². The third kappa shape index (κ3) is 4.31. The summed E-state index contributed by atoms with van der Waals surface area (Å²) >= 11 is 0. The first-order valence-corrected chi connectivity index (χ1v) is 9.36. The van der Waals surface area contributed by atoms with Crippen LogP contribution >= 0.6 is 0 Å². The van der Waals surface area contributed by atoms with Gasteiger partial charge in [-0.25, -0.2) is 4.79 Å². The van der Waals surface area contributed by atoms with Crippen molar-refractivity contribution in [2.24, 2.45) is 5.41 Å². The molecule has 0 radical (unpaired) electrons. The van der Waals surface area contributed by atoms with Gasteiger partial charge in [-0.1, -0.05) is 51.1 Å². The molecular weight excluding hydrogens is 336 g/mol. The van der Waals surface area contributed by atoms with Gasteiger partial charge in [0.15, 0.2) is 0 Å². The molecule has 0 aliphatic carbocycles. The molecule has 0 bridgehead atoms. The minimum atomic E-state index is -0.838. The molecule has 1 N–H and O–H groups in total. The number of carbonyl (C=O) groups is 1. The lowest BCUT2D eigenvalue weighted by Crippen LogP contribution is -2.36.